The van der Waals surface area contributed by atoms with Gasteiger partial charge in [-0.2, -0.15) is 0 Å². The highest BCUT2D eigenvalue weighted by atomic mass is 14.9. The lowest BCUT2D eigenvalue weighted by atomic mass is 9.93. The molecular weight excluding hydrogens is 206 g/mol. The molecule has 0 aromatic heterocycles. The molecule has 1 N–H and O–H groups in total. The molecule has 2 saturated carbocycles. The van der Waals surface area contributed by atoms with Crippen LogP contribution in [0, 0.1) is 0 Å². The Hall–Kier alpha value is -0.0400. The van der Waals surface area contributed by atoms with Crippen molar-refractivity contribution in [3.8, 4) is 0 Å². The van der Waals surface area contributed by atoms with E-state index in [1.165, 1.54) is 89.9 Å². The minimum absolute atomic E-state index is 0.847. The van der Waals surface area contributed by atoms with E-state index in [4.69, 9.17) is 0 Å². The first kappa shape index (κ1) is 13.4. The van der Waals surface area contributed by atoms with Gasteiger partial charge in [0.25, 0.3) is 0 Å². The first-order valence-electron chi connectivity index (χ1n) is 8.21. The molecule has 2 fully saturated rings. The van der Waals surface area contributed by atoms with Crippen LogP contribution in [0.15, 0.2) is 0 Å². The monoisotopic (exact) mass is 237 g/mol. The molecule has 17 heavy (non-hydrogen) atoms. The Labute approximate surface area is 108 Å². The predicted octanol–water partition coefficient (Wildman–Crippen LogP) is 4.80. The summed E-state index contributed by atoms with van der Waals surface area (Å²) in [5, 5.41) is 3.99. The second kappa shape index (κ2) is 8.13. The molecular formula is C16H31N. The first-order chi connectivity index (χ1) is 8.45. The van der Waals surface area contributed by atoms with Gasteiger partial charge in [-0.1, -0.05) is 64.2 Å². The number of nitrogens with one attached hydrogen (secondary N) is 1. The number of hydrogen-bond acceptors (Lipinski definition) is 1. The first-order valence-corrected chi connectivity index (χ1v) is 8.21. The van der Waals surface area contributed by atoms with E-state index in [1.54, 1.807) is 0 Å². The summed E-state index contributed by atoms with van der Waals surface area (Å²) in [7, 11) is 0. The van der Waals surface area contributed by atoms with Crippen molar-refractivity contribution in [2.45, 2.75) is 102 Å². The third-order valence-electron chi connectivity index (χ3n) is 4.68. The quantitative estimate of drug-likeness (QED) is 0.727. The Morgan fingerprint density at radius 1 is 0.412 bits per heavy atom. The molecule has 0 unspecified atom stereocenters. The molecule has 0 radical (unpaired) electrons. The normalized spacial score (nSPS) is 26.8. The lowest BCUT2D eigenvalue weighted by Crippen LogP contribution is -2.39. The van der Waals surface area contributed by atoms with E-state index in [-0.39, 0.29) is 0 Å². The van der Waals surface area contributed by atoms with Crippen molar-refractivity contribution in [3.05, 3.63) is 0 Å². The van der Waals surface area contributed by atoms with Gasteiger partial charge in [-0.05, 0) is 25.7 Å². The summed E-state index contributed by atoms with van der Waals surface area (Å²) in [5.41, 5.74) is 0. The molecule has 0 atom stereocenters. The zero-order chi connectivity index (χ0) is 11.8. The van der Waals surface area contributed by atoms with Crippen LogP contribution in [0.3, 0.4) is 0 Å². The van der Waals surface area contributed by atoms with E-state index >= 15 is 0 Å². The van der Waals surface area contributed by atoms with Crippen LogP contribution in [-0.2, 0) is 0 Å². The predicted molar refractivity (Wildman–Crippen MR) is 75.3 cm³/mol. The Morgan fingerprint density at radius 2 is 0.706 bits per heavy atom. The SMILES string of the molecule is C1CCCC(NC2CCCCCCC2)CCC1. The summed E-state index contributed by atoms with van der Waals surface area (Å²) in [5.74, 6) is 0. The van der Waals surface area contributed by atoms with Crippen molar-refractivity contribution >= 4 is 0 Å². The fraction of sp³-hybridized carbons (Fsp3) is 1.00. The van der Waals surface area contributed by atoms with E-state index in [9.17, 15) is 0 Å². The Morgan fingerprint density at radius 3 is 1.06 bits per heavy atom. The average Bonchev–Trinajstić information content (AvgIpc) is 2.24. The highest BCUT2D eigenvalue weighted by molar-refractivity contribution is 4.77. The maximum absolute atomic E-state index is 3.99. The van der Waals surface area contributed by atoms with Crippen molar-refractivity contribution in [1.29, 1.82) is 0 Å². The minimum Gasteiger partial charge on any atom is -0.311 e. The van der Waals surface area contributed by atoms with Gasteiger partial charge < -0.3 is 5.32 Å². The summed E-state index contributed by atoms with van der Waals surface area (Å²) >= 11 is 0. The molecule has 2 aliphatic rings. The van der Waals surface area contributed by atoms with Gasteiger partial charge in [0.2, 0.25) is 0 Å². The van der Waals surface area contributed by atoms with Gasteiger partial charge in [0.05, 0.1) is 0 Å². The molecule has 0 saturated heterocycles. The third-order valence-corrected chi connectivity index (χ3v) is 4.68. The van der Waals surface area contributed by atoms with Crippen molar-refractivity contribution in [3.63, 3.8) is 0 Å². The topological polar surface area (TPSA) is 12.0 Å². The molecule has 0 heterocycles. The van der Waals surface area contributed by atoms with Crippen LogP contribution < -0.4 is 5.32 Å². The van der Waals surface area contributed by atoms with Crippen LogP contribution in [0.5, 0.6) is 0 Å². The average molecular weight is 237 g/mol. The molecule has 1 nitrogen and oxygen atoms in total. The lowest BCUT2D eigenvalue weighted by molar-refractivity contribution is 0.311. The molecule has 0 aromatic rings. The molecule has 0 spiro atoms. The van der Waals surface area contributed by atoms with Gasteiger partial charge in [-0.25, -0.2) is 0 Å². The van der Waals surface area contributed by atoms with Crippen molar-refractivity contribution in [2.75, 3.05) is 0 Å². The molecule has 0 aromatic carbocycles. The molecule has 0 aliphatic heterocycles. The Bertz CT molecular complexity index is 154. The molecule has 0 bridgehead atoms. The van der Waals surface area contributed by atoms with Crippen LogP contribution in [0.2, 0.25) is 0 Å². The van der Waals surface area contributed by atoms with Crippen LogP contribution >= 0.6 is 0 Å². The maximum atomic E-state index is 3.99. The molecule has 0 amide bonds. The van der Waals surface area contributed by atoms with Gasteiger partial charge in [0.15, 0.2) is 0 Å². The van der Waals surface area contributed by atoms with Crippen LogP contribution in [-0.4, -0.2) is 12.1 Å². The van der Waals surface area contributed by atoms with E-state index in [1.807, 2.05) is 0 Å². The van der Waals surface area contributed by atoms with Crippen LogP contribution in [0.1, 0.15) is 89.9 Å². The number of rotatable bonds is 2. The second-order valence-corrected chi connectivity index (χ2v) is 6.25. The van der Waals surface area contributed by atoms with Gasteiger partial charge in [-0.15, -0.1) is 0 Å². The standard InChI is InChI=1S/C16H31N/c1-3-7-11-15(12-8-4-1)17-16-13-9-5-2-6-10-14-16/h15-17H,1-14H2. The molecule has 1 heteroatoms. The largest absolute Gasteiger partial charge is 0.311 e. The summed E-state index contributed by atoms with van der Waals surface area (Å²) in [6.45, 7) is 0. The van der Waals surface area contributed by atoms with Crippen molar-refractivity contribution in [1.82, 2.24) is 5.32 Å². The second-order valence-electron chi connectivity index (χ2n) is 6.25. The zero-order valence-corrected chi connectivity index (χ0v) is 11.6. The lowest BCUT2D eigenvalue weighted by Gasteiger charge is -2.28. The summed E-state index contributed by atoms with van der Waals surface area (Å²) in [6, 6.07) is 1.69. The highest BCUT2D eigenvalue weighted by Gasteiger charge is 2.17. The maximum Gasteiger partial charge on any atom is 0.00696 e. The van der Waals surface area contributed by atoms with E-state index in [2.05, 4.69) is 5.32 Å². The van der Waals surface area contributed by atoms with Gasteiger partial charge in [0.1, 0.15) is 0 Å². The number of hydrogen-bond donors (Lipinski definition) is 1. The van der Waals surface area contributed by atoms with Crippen molar-refractivity contribution < 1.29 is 0 Å². The van der Waals surface area contributed by atoms with E-state index < -0.39 is 0 Å². The van der Waals surface area contributed by atoms with Gasteiger partial charge in [-0.3, -0.25) is 0 Å². The zero-order valence-electron chi connectivity index (χ0n) is 11.6. The van der Waals surface area contributed by atoms with Gasteiger partial charge >= 0.3 is 0 Å². The summed E-state index contributed by atoms with van der Waals surface area (Å²) in [6.07, 6.45) is 20.5. The molecule has 100 valence electrons. The summed E-state index contributed by atoms with van der Waals surface area (Å²) < 4.78 is 0. The Balaban J connectivity index is 1.72. The summed E-state index contributed by atoms with van der Waals surface area (Å²) in [4.78, 5) is 0. The fourth-order valence-corrected chi connectivity index (χ4v) is 3.58. The molecule has 2 rings (SSSR count). The van der Waals surface area contributed by atoms with Crippen LogP contribution in [0.25, 0.3) is 0 Å². The molecule has 2 aliphatic carbocycles. The Kier molecular flexibility index (Phi) is 6.41. The highest BCUT2D eigenvalue weighted by Crippen LogP contribution is 2.21. The van der Waals surface area contributed by atoms with Gasteiger partial charge in [0, 0.05) is 12.1 Å². The third kappa shape index (κ3) is 5.42. The smallest absolute Gasteiger partial charge is 0.00696 e. The van der Waals surface area contributed by atoms with E-state index in [0.29, 0.717) is 0 Å². The van der Waals surface area contributed by atoms with Crippen LogP contribution in [0.4, 0.5) is 0 Å². The fourth-order valence-electron chi connectivity index (χ4n) is 3.58. The van der Waals surface area contributed by atoms with Crippen molar-refractivity contribution in [2.24, 2.45) is 0 Å². The van der Waals surface area contributed by atoms with E-state index in [0.717, 1.165) is 12.1 Å². The minimum atomic E-state index is 0.847.